The van der Waals surface area contributed by atoms with Crippen molar-refractivity contribution in [2.75, 3.05) is 5.75 Å². The number of pyridine rings is 1. The number of thioether (sulfide) groups is 1. The normalized spacial score (nSPS) is 13.0. The molecule has 0 amide bonds. The fourth-order valence-electron chi connectivity index (χ4n) is 1.60. The van der Waals surface area contributed by atoms with Crippen molar-refractivity contribution in [1.82, 2.24) is 4.98 Å². The second-order valence-corrected chi connectivity index (χ2v) is 6.71. The Bertz CT molecular complexity index is 420. The maximum absolute atomic E-state index is 13.3. The van der Waals surface area contributed by atoms with Gasteiger partial charge in [0.2, 0.25) is 0 Å². The number of carbonyl (C=O) groups is 1. The summed E-state index contributed by atoms with van der Waals surface area (Å²) in [6.07, 6.45) is 3.30. The number of carbonyl (C=O) groups excluding carboxylic acids is 1. The van der Waals surface area contributed by atoms with Gasteiger partial charge in [0.15, 0.2) is 0 Å². The molecule has 0 spiro atoms. The maximum atomic E-state index is 13.3. The lowest BCUT2D eigenvalue weighted by Gasteiger charge is -2.18. The van der Waals surface area contributed by atoms with Crippen LogP contribution in [-0.4, -0.2) is 16.5 Å². The van der Waals surface area contributed by atoms with Crippen LogP contribution < -0.4 is 0 Å². The molecule has 0 aliphatic rings. The van der Waals surface area contributed by atoms with Gasteiger partial charge in [-0.2, -0.15) is 11.8 Å². The average Bonchev–Trinajstić information content (AvgIpc) is 2.33. The van der Waals surface area contributed by atoms with Crippen LogP contribution in [0.4, 0.5) is 4.39 Å². The van der Waals surface area contributed by atoms with Crippen LogP contribution in [0.1, 0.15) is 44.9 Å². The average molecular weight is 283 g/mol. The number of halogens is 1. The molecule has 1 rings (SSSR count). The minimum Gasteiger partial charge on any atom is -0.299 e. The van der Waals surface area contributed by atoms with E-state index in [1.54, 1.807) is 18.0 Å². The third-order valence-corrected chi connectivity index (χ3v) is 4.46. The van der Waals surface area contributed by atoms with Crippen molar-refractivity contribution in [2.24, 2.45) is 11.8 Å². The predicted octanol–water partition coefficient (Wildman–Crippen LogP) is 4.27. The van der Waals surface area contributed by atoms with Gasteiger partial charge in [-0.25, -0.2) is 4.39 Å². The number of hydrogen-bond donors (Lipinski definition) is 0. The molecule has 19 heavy (non-hydrogen) atoms. The SMILES string of the molecule is CC(C)CSC(CC(=O)C(C)C)c1cncc(F)c1. The number of ketones is 1. The molecule has 1 heterocycles. The van der Waals surface area contributed by atoms with E-state index in [4.69, 9.17) is 0 Å². The third kappa shape index (κ3) is 5.72. The number of Topliss-reactive ketones (excluding diaryl/α,β-unsaturated/α-hetero) is 1. The summed E-state index contributed by atoms with van der Waals surface area (Å²) >= 11 is 1.71. The number of rotatable bonds is 7. The highest BCUT2D eigenvalue weighted by atomic mass is 32.2. The third-order valence-electron chi connectivity index (χ3n) is 2.76. The van der Waals surface area contributed by atoms with Crippen molar-refractivity contribution in [2.45, 2.75) is 39.4 Å². The van der Waals surface area contributed by atoms with E-state index >= 15 is 0 Å². The van der Waals surface area contributed by atoms with Crippen LogP contribution in [0.2, 0.25) is 0 Å². The van der Waals surface area contributed by atoms with Gasteiger partial charge in [-0.1, -0.05) is 27.7 Å². The van der Waals surface area contributed by atoms with Crippen LogP contribution in [0.5, 0.6) is 0 Å². The van der Waals surface area contributed by atoms with E-state index in [0.717, 1.165) is 11.3 Å². The van der Waals surface area contributed by atoms with Crippen molar-refractivity contribution in [3.05, 3.63) is 29.8 Å². The van der Waals surface area contributed by atoms with Crippen LogP contribution in [0, 0.1) is 17.7 Å². The molecule has 0 radical (unpaired) electrons. The van der Waals surface area contributed by atoms with Gasteiger partial charge < -0.3 is 0 Å². The molecule has 1 atom stereocenters. The maximum Gasteiger partial charge on any atom is 0.141 e. The lowest BCUT2D eigenvalue weighted by atomic mass is 10.0. The summed E-state index contributed by atoms with van der Waals surface area (Å²) in [4.78, 5) is 15.8. The topological polar surface area (TPSA) is 30.0 Å². The van der Waals surface area contributed by atoms with Gasteiger partial charge in [-0.3, -0.25) is 9.78 Å². The number of hydrogen-bond acceptors (Lipinski definition) is 3. The van der Waals surface area contributed by atoms with Crippen LogP contribution in [0.15, 0.2) is 18.5 Å². The number of nitrogens with zero attached hydrogens (tertiary/aromatic N) is 1. The molecule has 2 nitrogen and oxygen atoms in total. The Kier molecular flexibility index (Phi) is 6.49. The molecule has 0 aliphatic heterocycles. The molecule has 0 saturated carbocycles. The van der Waals surface area contributed by atoms with E-state index in [9.17, 15) is 9.18 Å². The highest BCUT2D eigenvalue weighted by Crippen LogP contribution is 2.34. The molecule has 1 unspecified atom stereocenters. The summed E-state index contributed by atoms with van der Waals surface area (Å²) in [5.41, 5.74) is 0.805. The van der Waals surface area contributed by atoms with E-state index in [2.05, 4.69) is 18.8 Å². The van der Waals surface area contributed by atoms with Crippen LogP contribution in [0.3, 0.4) is 0 Å². The largest absolute Gasteiger partial charge is 0.299 e. The Morgan fingerprint density at radius 1 is 1.32 bits per heavy atom. The van der Waals surface area contributed by atoms with Crippen LogP contribution in [0.25, 0.3) is 0 Å². The van der Waals surface area contributed by atoms with Crippen molar-refractivity contribution < 1.29 is 9.18 Å². The Morgan fingerprint density at radius 3 is 2.53 bits per heavy atom. The highest BCUT2D eigenvalue weighted by molar-refractivity contribution is 7.99. The molecule has 106 valence electrons. The molecule has 1 aromatic rings. The van der Waals surface area contributed by atoms with Crippen molar-refractivity contribution in [3.63, 3.8) is 0 Å². The lowest BCUT2D eigenvalue weighted by molar-refractivity contribution is -0.121. The minimum atomic E-state index is -0.343. The van der Waals surface area contributed by atoms with E-state index in [1.807, 2.05) is 13.8 Å². The second kappa shape index (κ2) is 7.63. The van der Waals surface area contributed by atoms with E-state index in [-0.39, 0.29) is 22.8 Å². The first-order valence-electron chi connectivity index (χ1n) is 6.65. The summed E-state index contributed by atoms with van der Waals surface area (Å²) in [7, 11) is 0. The molecular weight excluding hydrogens is 261 g/mol. The molecule has 0 N–H and O–H groups in total. The quantitative estimate of drug-likeness (QED) is 0.748. The second-order valence-electron chi connectivity index (χ2n) is 5.48. The van der Waals surface area contributed by atoms with Crippen molar-refractivity contribution >= 4 is 17.5 Å². The first-order valence-corrected chi connectivity index (χ1v) is 7.69. The van der Waals surface area contributed by atoms with Gasteiger partial charge in [0.1, 0.15) is 11.6 Å². The zero-order valence-electron chi connectivity index (χ0n) is 12.0. The van der Waals surface area contributed by atoms with Gasteiger partial charge in [0.05, 0.1) is 6.20 Å². The first-order chi connectivity index (χ1) is 8.90. The van der Waals surface area contributed by atoms with Gasteiger partial charge in [-0.05, 0) is 23.3 Å². The standard InChI is InChI=1S/C15H22FNOS/c1-10(2)9-19-15(6-14(18)11(3)4)12-5-13(16)8-17-7-12/h5,7-8,10-11,15H,6,9H2,1-4H3. The first kappa shape index (κ1) is 16.2. The van der Waals surface area contributed by atoms with Gasteiger partial charge in [0, 0.05) is 23.8 Å². The molecule has 0 aliphatic carbocycles. The van der Waals surface area contributed by atoms with Crippen molar-refractivity contribution in [1.29, 1.82) is 0 Å². The summed E-state index contributed by atoms with van der Waals surface area (Å²) in [6, 6.07) is 1.48. The molecule has 1 aromatic heterocycles. The van der Waals surface area contributed by atoms with E-state index in [0.29, 0.717) is 12.3 Å². The molecule has 0 saturated heterocycles. The smallest absolute Gasteiger partial charge is 0.141 e. The summed E-state index contributed by atoms with van der Waals surface area (Å²) < 4.78 is 13.3. The molecule has 4 heteroatoms. The van der Waals surface area contributed by atoms with Gasteiger partial charge in [-0.15, -0.1) is 0 Å². The molecule has 0 aromatic carbocycles. The van der Waals surface area contributed by atoms with Gasteiger partial charge >= 0.3 is 0 Å². The monoisotopic (exact) mass is 283 g/mol. The summed E-state index contributed by atoms with van der Waals surface area (Å²) in [5.74, 6) is 1.38. The Labute approximate surface area is 119 Å². The molecular formula is C15H22FNOS. The van der Waals surface area contributed by atoms with Crippen LogP contribution >= 0.6 is 11.8 Å². The Morgan fingerprint density at radius 2 is 2.00 bits per heavy atom. The van der Waals surface area contributed by atoms with E-state index in [1.165, 1.54) is 12.3 Å². The zero-order valence-corrected chi connectivity index (χ0v) is 12.8. The summed E-state index contributed by atoms with van der Waals surface area (Å²) in [6.45, 7) is 8.07. The van der Waals surface area contributed by atoms with E-state index < -0.39 is 0 Å². The van der Waals surface area contributed by atoms with Gasteiger partial charge in [0.25, 0.3) is 0 Å². The predicted molar refractivity (Wildman–Crippen MR) is 78.7 cm³/mol. The fraction of sp³-hybridized carbons (Fsp3) is 0.600. The highest BCUT2D eigenvalue weighted by Gasteiger charge is 2.19. The number of aromatic nitrogens is 1. The van der Waals surface area contributed by atoms with Crippen molar-refractivity contribution in [3.8, 4) is 0 Å². The molecule has 0 fully saturated rings. The zero-order chi connectivity index (χ0) is 14.4. The molecule has 0 bridgehead atoms. The minimum absolute atomic E-state index is 0.000463. The lowest BCUT2D eigenvalue weighted by Crippen LogP contribution is -2.12. The van der Waals surface area contributed by atoms with Crippen LogP contribution in [-0.2, 0) is 4.79 Å². The Hall–Kier alpha value is -0.900. The fourth-order valence-corrected chi connectivity index (χ4v) is 2.83. The Balaban J connectivity index is 2.82. The summed E-state index contributed by atoms with van der Waals surface area (Å²) in [5, 5.41) is 0.000463.